The van der Waals surface area contributed by atoms with Crippen LogP contribution < -0.4 is 10.6 Å². The van der Waals surface area contributed by atoms with Crippen LogP contribution in [0.2, 0.25) is 0 Å². The number of benzene rings is 1. The molecule has 0 aromatic heterocycles. The van der Waals surface area contributed by atoms with Gasteiger partial charge in [-0.05, 0) is 34.1 Å². The second kappa shape index (κ2) is 5.38. The molecule has 2 nitrogen and oxygen atoms in total. The van der Waals surface area contributed by atoms with E-state index in [1.54, 1.807) is 0 Å². The van der Waals surface area contributed by atoms with Gasteiger partial charge in [0.1, 0.15) is 4.99 Å². The van der Waals surface area contributed by atoms with Gasteiger partial charge < -0.3 is 10.6 Å². The fourth-order valence-electron chi connectivity index (χ4n) is 1.72. The summed E-state index contributed by atoms with van der Waals surface area (Å²) in [5.74, 6) is 2.40. The van der Waals surface area contributed by atoms with E-state index in [4.69, 9.17) is 18.0 Å². The van der Waals surface area contributed by atoms with Crippen molar-refractivity contribution in [3.8, 4) is 0 Å². The summed E-state index contributed by atoms with van der Waals surface area (Å²) in [6.07, 6.45) is 0. The largest absolute Gasteiger partial charge is 0.389 e. The van der Waals surface area contributed by atoms with Gasteiger partial charge in [-0.25, -0.2) is 0 Å². The molecule has 1 aliphatic heterocycles. The lowest BCUT2D eigenvalue weighted by atomic mass is 10.2. The first-order valence-corrected chi connectivity index (χ1v) is 7.46. The number of nitrogens with two attached hydrogens (primary N) is 1. The standard InChI is InChI=1S/C11H13BrN2S2/c12-9-7-8(11(13)15)1-2-10(9)14-3-5-16-6-4-14/h1-2,7H,3-6H2,(H2,13,15). The second-order valence-electron chi connectivity index (χ2n) is 3.63. The molecule has 1 heterocycles. The Labute approximate surface area is 114 Å². The highest BCUT2D eigenvalue weighted by Crippen LogP contribution is 2.29. The number of halogens is 1. The van der Waals surface area contributed by atoms with Crippen molar-refractivity contribution >= 4 is 50.6 Å². The van der Waals surface area contributed by atoms with Gasteiger partial charge in [0.2, 0.25) is 0 Å². The highest BCUT2D eigenvalue weighted by molar-refractivity contribution is 9.10. The van der Waals surface area contributed by atoms with Crippen LogP contribution in [-0.2, 0) is 0 Å². The molecule has 0 saturated carbocycles. The molecule has 0 aliphatic carbocycles. The molecule has 1 fully saturated rings. The van der Waals surface area contributed by atoms with Crippen molar-refractivity contribution in [2.75, 3.05) is 29.5 Å². The van der Waals surface area contributed by atoms with Gasteiger partial charge in [-0.3, -0.25) is 0 Å². The van der Waals surface area contributed by atoms with Crippen molar-refractivity contribution in [3.05, 3.63) is 28.2 Å². The van der Waals surface area contributed by atoms with Gasteiger partial charge >= 0.3 is 0 Å². The van der Waals surface area contributed by atoms with Crippen LogP contribution in [0.25, 0.3) is 0 Å². The van der Waals surface area contributed by atoms with E-state index < -0.39 is 0 Å². The van der Waals surface area contributed by atoms with Gasteiger partial charge in [-0.1, -0.05) is 12.2 Å². The van der Waals surface area contributed by atoms with Crippen LogP contribution in [0.15, 0.2) is 22.7 Å². The Balaban J connectivity index is 2.24. The number of nitrogens with zero attached hydrogens (tertiary/aromatic N) is 1. The van der Waals surface area contributed by atoms with Gasteiger partial charge in [-0.15, -0.1) is 0 Å². The molecule has 16 heavy (non-hydrogen) atoms. The fraction of sp³-hybridized carbons (Fsp3) is 0.364. The number of thioether (sulfide) groups is 1. The predicted octanol–water partition coefficient (Wildman–Crippen LogP) is 2.64. The molecule has 2 N–H and O–H groups in total. The molecule has 0 unspecified atom stereocenters. The van der Waals surface area contributed by atoms with E-state index in [1.807, 2.05) is 23.9 Å². The summed E-state index contributed by atoms with van der Waals surface area (Å²) in [6, 6.07) is 6.08. The fourth-order valence-corrected chi connectivity index (χ4v) is 3.38. The van der Waals surface area contributed by atoms with Crippen LogP contribution in [0.3, 0.4) is 0 Å². The molecule has 0 amide bonds. The molecular formula is C11H13BrN2S2. The summed E-state index contributed by atoms with van der Waals surface area (Å²) in [4.78, 5) is 2.84. The maximum atomic E-state index is 5.60. The van der Waals surface area contributed by atoms with E-state index in [0.29, 0.717) is 4.99 Å². The van der Waals surface area contributed by atoms with Crippen molar-refractivity contribution < 1.29 is 0 Å². The lowest BCUT2D eigenvalue weighted by Crippen LogP contribution is -2.32. The minimum atomic E-state index is 0.446. The number of rotatable bonds is 2. The molecular weight excluding hydrogens is 304 g/mol. The SMILES string of the molecule is NC(=S)c1ccc(N2CCSCC2)c(Br)c1. The minimum Gasteiger partial charge on any atom is -0.389 e. The third kappa shape index (κ3) is 2.70. The zero-order valence-electron chi connectivity index (χ0n) is 8.78. The molecule has 0 spiro atoms. The summed E-state index contributed by atoms with van der Waals surface area (Å²) in [6.45, 7) is 2.21. The molecule has 0 atom stereocenters. The normalized spacial score (nSPS) is 16.2. The Bertz CT molecular complexity index is 403. The molecule has 1 aromatic carbocycles. The van der Waals surface area contributed by atoms with Crippen LogP contribution in [0, 0.1) is 0 Å². The molecule has 0 radical (unpaired) electrons. The highest BCUT2D eigenvalue weighted by Gasteiger charge is 2.14. The van der Waals surface area contributed by atoms with Gasteiger partial charge in [0.15, 0.2) is 0 Å². The second-order valence-corrected chi connectivity index (χ2v) is 6.15. The van der Waals surface area contributed by atoms with Crippen LogP contribution >= 0.6 is 39.9 Å². The predicted molar refractivity (Wildman–Crippen MR) is 79.6 cm³/mol. The summed E-state index contributed by atoms with van der Waals surface area (Å²) in [5, 5.41) is 0. The third-order valence-electron chi connectivity index (χ3n) is 2.58. The van der Waals surface area contributed by atoms with E-state index in [9.17, 15) is 0 Å². The van der Waals surface area contributed by atoms with Crippen molar-refractivity contribution in [1.82, 2.24) is 0 Å². The first-order valence-electron chi connectivity index (χ1n) is 5.10. The van der Waals surface area contributed by atoms with E-state index in [-0.39, 0.29) is 0 Å². The Morgan fingerprint density at radius 2 is 2.06 bits per heavy atom. The quantitative estimate of drug-likeness (QED) is 0.849. The highest BCUT2D eigenvalue weighted by atomic mass is 79.9. The maximum Gasteiger partial charge on any atom is 0.104 e. The lowest BCUT2D eigenvalue weighted by molar-refractivity contribution is 0.856. The van der Waals surface area contributed by atoms with Crippen molar-refractivity contribution in [1.29, 1.82) is 0 Å². The lowest BCUT2D eigenvalue weighted by Gasteiger charge is -2.29. The Kier molecular flexibility index (Phi) is 4.10. The Morgan fingerprint density at radius 1 is 1.38 bits per heavy atom. The van der Waals surface area contributed by atoms with Crippen molar-refractivity contribution in [2.45, 2.75) is 0 Å². The topological polar surface area (TPSA) is 29.3 Å². The van der Waals surface area contributed by atoms with Gasteiger partial charge in [0.05, 0.1) is 5.69 Å². The van der Waals surface area contributed by atoms with Crippen LogP contribution in [0.4, 0.5) is 5.69 Å². The first-order chi connectivity index (χ1) is 7.68. The minimum absolute atomic E-state index is 0.446. The number of hydrogen-bond acceptors (Lipinski definition) is 3. The van der Waals surface area contributed by atoms with Crippen molar-refractivity contribution in [2.24, 2.45) is 5.73 Å². The van der Waals surface area contributed by atoms with Crippen LogP contribution in [0.1, 0.15) is 5.56 Å². The number of anilines is 1. The Morgan fingerprint density at radius 3 is 2.62 bits per heavy atom. The first kappa shape index (κ1) is 12.2. The van der Waals surface area contributed by atoms with Gasteiger partial charge in [0, 0.05) is 34.6 Å². The van der Waals surface area contributed by atoms with E-state index in [1.165, 1.54) is 17.2 Å². The van der Waals surface area contributed by atoms with E-state index in [2.05, 4.69) is 26.9 Å². The number of hydrogen-bond donors (Lipinski definition) is 1. The van der Waals surface area contributed by atoms with Gasteiger partial charge in [-0.2, -0.15) is 11.8 Å². The zero-order chi connectivity index (χ0) is 11.5. The maximum absolute atomic E-state index is 5.60. The summed E-state index contributed by atoms with van der Waals surface area (Å²) < 4.78 is 1.07. The smallest absolute Gasteiger partial charge is 0.104 e. The molecule has 1 saturated heterocycles. The average molecular weight is 317 g/mol. The molecule has 86 valence electrons. The monoisotopic (exact) mass is 316 g/mol. The molecule has 1 aliphatic rings. The average Bonchev–Trinajstić information content (AvgIpc) is 2.30. The third-order valence-corrected chi connectivity index (χ3v) is 4.40. The van der Waals surface area contributed by atoms with E-state index in [0.717, 1.165) is 23.1 Å². The summed E-state index contributed by atoms with van der Waals surface area (Å²) in [5.41, 5.74) is 7.76. The molecule has 5 heteroatoms. The van der Waals surface area contributed by atoms with Gasteiger partial charge in [0.25, 0.3) is 0 Å². The van der Waals surface area contributed by atoms with Crippen molar-refractivity contribution in [3.63, 3.8) is 0 Å². The summed E-state index contributed by atoms with van der Waals surface area (Å²) in [7, 11) is 0. The molecule has 0 bridgehead atoms. The van der Waals surface area contributed by atoms with E-state index >= 15 is 0 Å². The van der Waals surface area contributed by atoms with Crippen LogP contribution in [0.5, 0.6) is 0 Å². The molecule has 1 aromatic rings. The molecule has 2 rings (SSSR count). The Hall–Kier alpha value is -0.260. The zero-order valence-corrected chi connectivity index (χ0v) is 12.0. The summed E-state index contributed by atoms with van der Waals surface area (Å²) >= 11 is 10.6. The van der Waals surface area contributed by atoms with Crippen LogP contribution in [-0.4, -0.2) is 29.6 Å². The number of thiocarbonyl (C=S) groups is 1.